The summed E-state index contributed by atoms with van der Waals surface area (Å²) >= 11 is 11.1. The zero-order chi connectivity index (χ0) is 17.6. The van der Waals surface area contributed by atoms with Gasteiger partial charge in [-0.3, -0.25) is 15.0 Å². The molecule has 1 heterocycles. The quantitative estimate of drug-likeness (QED) is 0.691. The molecule has 1 amide bonds. The fraction of sp³-hybridized carbons (Fsp3) is 0.167. The molecule has 126 valence electrons. The van der Waals surface area contributed by atoms with Gasteiger partial charge in [0, 0.05) is 10.9 Å². The maximum absolute atomic E-state index is 12.6. The highest BCUT2D eigenvalue weighted by molar-refractivity contribution is 7.71. The third-order valence-electron chi connectivity index (χ3n) is 4.45. The minimum atomic E-state index is -0.337. The minimum Gasteiger partial charge on any atom is -0.330 e. The second-order valence-electron chi connectivity index (χ2n) is 6.09. The van der Waals surface area contributed by atoms with Gasteiger partial charge in [-0.2, -0.15) is 4.68 Å². The number of carbonyl (C=O) groups is 1. The number of nitrogens with one attached hydrogen (secondary N) is 2. The highest BCUT2D eigenvalue weighted by Gasteiger charge is 2.44. The van der Waals surface area contributed by atoms with E-state index in [1.165, 1.54) is 0 Å². The summed E-state index contributed by atoms with van der Waals surface area (Å²) in [4.78, 5) is 28.0. The molecular formula is C18H14ClN3O2S. The average Bonchev–Trinajstić information content (AvgIpc) is 3.40. The second kappa shape index (κ2) is 6.13. The van der Waals surface area contributed by atoms with Crippen LogP contribution >= 0.6 is 23.8 Å². The first-order valence-corrected chi connectivity index (χ1v) is 8.63. The number of rotatable bonds is 3. The first kappa shape index (κ1) is 16.1. The molecule has 0 radical (unpaired) electrons. The van der Waals surface area contributed by atoms with E-state index in [9.17, 15) is 9.59 Å². The molecule has 5 nitrogen and oxygen atoms in total. The Kier molecular flexibility index (Phi) is 3.94. The summed E-state index contributed by atoms with van der Waals surface area (Å²) in [5.41, 5.74) is 4.03. The molecule has 0 saturated heterocycles. The summed E-state index contributed by atoms with van der Waals surface area (Å²) in [7, 11) is 0. The van der Waals surface area contributed by atoms with Crippen molar-refractivity contribution in [3.63, 3.8) is 0 Å². The highest BCUT2D eigenvalue weighted by atomic mass is 35.5. The van der Waals surface area contributed by atoms with Crippen LogP contribution in [-0.2, 0) is 4.79 Å². The fourth-order valence-corrected chi connectivity index (χ4v) is 3.38. The lowest BCUT2D eigenvalue weighted by atomic mass is 10.1. The number of aromatic amines is 1. The Bertz CT molecular complexity index is 1090. The van der Waals surface area contributed by atoms with E-state index in [2.05, 4.69) is 10.4 Å². The SMILES string of the molecule is O=C(Nn1c(=S)[nH]c2ccccc2c1=O)[C@@H]1C[C@@H]1c1ccc(Cl)cc1. The van der Waals surface area contributed by atoms with Gasteiger partial charge in [0.05, 0.1) is 10.9 Å². The van der Waals surface area contributed by atoms with E-state index in [1.54, 1.807) is 18.2 Å². The van der Waals surface area contributed by atoms with Crippen molar-refractivity contribution in [2.24, 2.45) is 5.92 Å². The van der Waals surface area contributed by atoms with Crippen LogP contribution in [-0.4, -0.2) is 15.6 Å². The summed E-state index contributed by atoms with van der Waals surface area (Å²) in [5, 5.41) is 1.14. The fourth-order valence-electron chi connectivity index (χ4n) is 3.02. The van der Waals surface area contributed by atoms with Crippen LogP contribution in [0.5, 0.6) is 0 Å². The van der Waals surface area contributed by atoms with Gasteiger partial charge in [0.25, 0.3) is 5.56 Å². The van der Waals surface area contributed by atoms with Crippen molar-refractivity contribution in [3.05, 3.63) is 74.2 Å². The maximum Gasteiger partial charge on any atom is 0.281 e. The van der Waals surface area contributed by atoms with Crippen molar-refractivity contribution >= 4 is 40.6 Å². The lowest BCUT2D eigenvalue weighted by Gasteiger charge is -2.09. The third-order valence-corrected chi connectivity index (χ3v) is 4.99. The van der Waals surface area contributed by atoms with Gasteiger partial charge in [-0.1, -0.05) is 35.9 Å². The van der Waals surface area contributed by atoms with Crippen LogP contribution in [0, 0.1) is 10.7 Å². The van der Waals surface area contributed by atoms with Crippen molar-refractivity contribution in [1.29, 1.82) is 0 Å². The Balaban J connectivity index is 1.58. The number of hydrogen-bond donors (Lipinski definition) is 2. The molecule has 1 fully saturated rings. The molecule has 0 bridgehead atoms. The molecule has 1 aliphatic carbocycles. The van der Waals surface area contributed by atoms with E-state index < -0.39 is 0 Å². The third kappa shape index (κ3) is 2.99. The van der Waals surface area contributed by atoms with Gasteiger partial charge in [-0.25, -0.2) is 0 Å². The summed E-state index contributed by atoms with van der Waals surface area (Å²) in [5.74, 6) is -0.239. The van der Waals surface area contributed by atoms with Crippen molar-refractivity contribution in [2.45, 2.75) is 12.3 Å². The van der Waals surface area contributed by atoms with Crippen molar-refractivity contribution in [1.82, 2.24) is 9.66 Å². The van der Waals surface area contributed by atoms with Crippen LogP contribution in [0.1, 0.15) is 17.9 Å². The molecule has 2 aromatic carbocycles. The number of hydrogen-bond acceptors (Lipinski definition) is 3. The molecule has 25 heavy (non-hydrogen) atoms. The maximum atomic E-state index is 12.6. The standard InChI is InChI=1S/C18H14ClN3O2S/c19-11-7-5-10(6-8-11)13-9-14(13)16(23)21-22-17(24)12-3-1-2-4-15(12)20-18(22)25/h1-8,13-14H,9H2,(H,20,25)(H,21,23)/t13-,14-/m1/s1. The normalized spacial score (nSPS) is 18.9. The lowest BCUT2D eigenvalue weighted by molar-refractivity contribution is -0.118. The van der Waals surface area contributed by atoms with Crippen LogP contribution in [0.3, 0.4) is 0 Å². The molecule has 4 rings (SSSR count). The van der Waals surface area contributed by atoms with Gasteiger partial charge >= 0.3 is 0 Å². The van der Waals surface area contributed by atoms with Crippen molar-refractivity contribution in [3.8, 4) is 0 Å². The Morgan fingerprint density at radius 2 is 1.92 bits per heavy atom. The molecule has 1 aliphatic rings. The lowest BCUT2D eigenvalue weighted by Crippen LogP contribution is -2.35. The predicted octanol–water partition coefficient (Wildman–Crippen LogP) is 3.59. The first-order chi connectivity index (χ1) is 12.0. The Labute approximate surface area is 153 Å². The Hall–Kier alpha value is -2.44. The zero-order valence-corrected chi connectivity index (χ0v) is 14.6. The monoisotopic (exact) mass is 371 g/mol. The summed E-state index contributed by atoms with van der Waals surface area (Å²) in [6.45, 7) is 0. The van der Waals surface area contributed by atoms with Crippen LogP contribution < -0.4 is 11.0 Å². The van der Waals surface area contributed by atoms with E-state index >= 15 is 0 Å². The van der Waals surface area contributed by atoms with Gasteiger partial charge in [-0.15, -0.1) is 0 Å². The average molecular weight is 372 g/mol. The van der Waals surface area contributed by atoms with Crippen LogP contribution in [0.25, 0.3) is 10.9 Å². The second-order valence-corrected chi connectivity index (χ2v) is 6.92. The Morgan fingerprint density at radius 3 is 2.68 bits per heavy atom. The molecule has 2 N–H and O–H groups in total. The molecule has 0 aliphatic heterocycles. The Morgan fingerprint density at radius 1 is 1.20 bits per heavy atom. The summed E-state index contributed by atoms with van der Waals surface area (Å²) < 4.78 is 1.28. The van der Waals surface area contributed by atoms with Gasteiger partial charge in [0.2, 0.25) is 5.91 Å². The van der Waals surface area contributed by atoms with E-state index in [1.807, 2.05) is 30.3 Å². The van der Waals surface area contributed by atoms with Gasteiger partial charge < -0.3 is 4.98 Å². The molecule has 0 spiro atoms. The van der Waals surface area contributed by atoms with Gasteiger partial charge in [0.1, 0.15) is 0 Å². The number of aromatic nitrogens is 2. The molecule has 2 atom stereocenters. The smallest absolute Gasteiger partial charge is 0.281 e. The molecule has 0 unspecified atom stereocenters. The van der Waals surface area contributed by atoms with Crippen LogP contribution in [0.4, 0.5) is 0 Å². The number of nitrogens with zero attached hydrogens (tertiary/aromatic N) is 1. The zero-order valence-electron chi connectivity index (χ0n) is 13.0. The molecule has 7 heteroatoms. The van der Waals surface area contributed by atoms with E-state index in [0.717, 1.165) is 16.7 Å². The van der Waals surface area contributed by atoms with Crippen molar-refractivity contribution < 1.29 is 4.79 Å². The number of carbonyl (C=O) groups excluding carboxylic acids is 1. The summed E-state index contributed by atoms with van der Waals surface area (Å²) in [6.07, 6.45) is 0.742. The van der Waals surface area contributed by atoms with Gasteiger partial charge in [0.15, 0.2) is 4.77 Å². The number of amides is 1. The van der Waals surface area contributed by atoms with E-state index in [4.69, 9.17) is 23.8 Å². The molecule has 1 aromatic heterocycles. The minimum absolute atomic E-state index is 0.144. The number of para-hydroxylation sites is 1. The highest BCUT2D eigenvalue weighted by Crippen LogP contribution is 2.47. The molecule has 1 saturated carbocycles. The number of halogens is 1. The van der Waals surface area contributed by atoms with E-state index in [-0.39, 0.29) is 28.1 Å². The predicted molar refractivity (Wildman–Crippen MR) is 100 cm³/mol. The molecule has 3 aromatic rings. The summed E-state index contributed by atoms with van der Waals surface area (Å²) in [6, 6.07) is 14.5. The number of benzene rings is 2. The van der Waals surface area contributed by atoms with Gasteiger partial charge in [-0.05, 0) is 54.4 Å². The number of fused-ring (bicyclic) bond motifs is 1. The largest absolute Gasteiger partial charge is 0.330 e. The molecular weight excluding hydrogens is 358 g/mol. The van der Waals surface area contributed by atoms with Crippen LogP contribution in [0.2, 0.25) is 5.02 Å². The first-order valence-electron chi connectivity index (χ1n) is 7.85. The van der Waals surface area contributed by atoms with E-state index in [0.29, 0.717) is 15.9 Å². The number of H-pyrrole nitrogens is 1. The topological polar surface area (TPSA) is 66.9 Å². The van der Waals surface area contributed by atoms with Crippen molar-refractivity contribution in [2.75, 3.05) is 5.43 Å². The van der Waals surface area contributed by atoms with Crippen LogP contribution in [0.15, 0.2) is 53.3 Å².